The number of sulfonamides is 1. The summed E-state index contributed by atoms with van der Waals surface area (Å²) in [6, 6.07) is 4.05. The van der Waals surface area contributed by atoms with Crippen molar-refractivity contribution in [3.63, 3.8) is 0 Å². The van der Waals surface area contributed by atoms with E-state index in [1.807, 2.05) is 6.92 Å². The van der Waals surface area contributed by atoms with Crippen molar-refractivity contribution in [1.82, 2.24) is 4.72 Å². The van der Waals surface area contributed by atoms with Crippen molar-refractivity contribution < 1.29 is 18.3 Å². The summed E-state index contributed by atoms with van der Waals surface area (Å²) in [5.41, 5.74) is 0.389. The molecule has 106 valence electrons. The molecule has 1 aliphatic rings. The Bertz CT molecular complexity index is 561. The number of nitrogens with one attached hydrogen (secondary N) is 1. The molecule has 1 heterocycles. The Hall–Kier alpha value is -0.660. The number of benzene rings is 1. The Labute approximate surface area is 117 Å². The molecule has 0 aromatic heterocycles. The Kier molecular flexibility index (Phi) is 4.47. The van der Waals surface area contributed by atoms with E-state index in [9.17, 15) is 8.42 Å². The third kappa shape index (κ3) is 3.27. The molecular formula is C12H16ClNO4S. The van der Waals surface area contributed by atoms with Crippen LogP contribution in [0.2, 0.25) is 5.02 Å². The van der Waals surface area contributed by atoms with Crippen molar-refractivity contribution in [3.8, 4) is 0 Å². The fourth-order valence-electron chi connectivity index (χ4n) is 1.99. The van der Waals surface area contributed by atoms with E-state index in [-0.39, 0.29) is 23.6 Å². The summed E-state index contributed by atoms with van der Waals surface area (Å²) in [6.07, 6.45) is 0.514. The largest absolute Gasteiger partial charge is 0.392 e. The number of hydrogen-bond donors (Lipinski definition) is 2. The average Bonchev–Trinajstić information content (AvgIpc) is 2.74. The maximum atomic E-state index is 12.2. The average molecular weight is 306 g/mol. The van der Waals surface area contributed by atoms with Gasteiger partial charge in [0.15, 0.2) is 0 Å². The summed E-state index contributed by atoms with van der Waals surface area (Å²) >= 11 is 5.84. The number of hydrogen-bond acceptors (Lipinski definition) is 4. The Morgan fingerprint density at radius 1 is 1.53 bits per heavy atom. The lowest BCUT2D eigenvalue weighted by atomic mass is 10.2. The fraction of sp³-hybridized carbons (Fsp3) is 0.500. The second kappa shape index (κ2) is 5.76. The Morgan fingerprint density at radius 3 is 2.84 bits per heavy atom. The fourth-order valence-corrected chi connectivity index (χ4v) is 3.56. The molecule has 1 aromatic carbocycles. The Balaban J connectivity index is 2.24. The summed E-state index contributed by atoms with van der Waals surface area (Å²) in [6.45, 7) is 2.09. The van der Waals surface area contributed by atoms with Crippen LogP contribution < -0.4 is 4.72 Å². The maximum Gasteiger partial charge on any atom is 0.240 e. The monoisotopic (exact) mass is 305 g/mol. The van der Waals surface area contributed by atoms with Crippen molar-refractivity contribution in [2.24, 2.45) is 0 Å². The number of ether oxygens (including phenoxy) is 1. The highest BCUT2D eigenvalue weighted by molar-refractivity contribution is 7.89. The predicted octanol–water partition coefficient (Wildman–Crippen LogP) is 1.29. The van der Waals surface area contributed by atoms with Crippen LogP contribution in [0.4, 0.5) is 0 Å². The van der Waals surface area contributed by atoms with Gasteiger partial charge in [-0.15, -0.1) is 0 Å². The molecule has 1 saturated heterocycles. The minimum Gasteiger partial charge on any atom is -0.392 e. The van der Waals surface area contributed by atoms with Gasteiger partial charge in [0.2, 0.25) is 10.0 Å². The molecule has 0 amide bonds. The van der Waals surface area contributed by atoms with Crippen LogP contribution >= 0.6 is 11.6 Å². The van der Waals surface area contributed by atoms with Crippen LogP contribution in [0.5, 0.6) is 0 Å². The van der Waals surface area contributed by atoms with Gasteiger partial charge in [0.05, 0.1) is 23.6 Å². The van der Waals surface area contributed by atoms with Crippen molar-refractivity contribution >= 4 is 21.6 Å². The molecule has 1 fully saturated rings. The van der Waals surface area contributed by atoms with Gasteiger partial charge in [0.25, 0.3) is 0 Å². The van der Waals surface area contributed by atoms with Gasteiger partial charge in [-0.25, -0.2) is 13.1 Å². The lowest BCUT2D eigenvalue weighted by molar-refractivity contribution is 0.117. The van der Waals surface area contributed by atoms with Crippen LogP contribution in [-0.4, -0.2) is 32.3 Å². The zero-order valence-electron chi connectivity index (χ0n) is 10.5. The molecule has 0 aliphatic carbocycles. The highest BCUT2D eigenvalue weighted by Gasteiger charge is 2.29. The van der Waals surface area contributed by atoms with E-state index in [0.29, 0.717) is 23.6 Å². The molecule has 5 nitrogen and oxygen atoms in total. The molecule has 0 bridgehead atoms. The smallest absolute Gasteiger partial charge is 0.240 e. The number of aliphatic hydroxyl groups excluding tert-OH is 1. The number of halogens is 1. The molecular weight excluding hydrogens is 290 g/mol. The van der Waals surface area contributed by atoms with Gasteiger partial charge in [-0.05, 0) is 37.1 Å². The third-order valence-electron chi connectivity index (χ3n) is 3.18. The van der Waals surface area contributed by atoms with Gasteiger partial charge < -0.3 is 9.84 Å². The van der Waals surface area contributed by atoms with Crippen LogP contribution in [0.15, 0.2) is 23.1 Å². The molecule has 1 aliphatic heterocycles. The quantitative estimate of drug-likeness (QED) is 0.879. The van der Waals surface area contributed by atoms with Crippen molar-refractivity contribution in [3.05, 3.63) is 28.8 Å². The zero-order valence-corrected chi connectivity index (χ0v) is 12.0. The van der Waals surface area contributed by atoms with Crippen molar-refractivity contribution in [1.29, 1.82) is 0 Å². The first-order valence-corrected chi connectivity index (χ1v) is 7.83. The highest BCUT2D eigenvalue weighted by Crippen LogP contribution is 2.22. The summed E-state index contributed by atoms with van der Waals surface area (Å²) in [5.74, 6) is 0. The van der Waals surface area contributed by atoms with Crippen LogP contribution in [0.25, 0.3) is 0 Å². The molecule has 0 saturated carbocycles. The molecule has 2 unspecified atom stereocenters. The third-order valence-corrected chi connectivity index (χ3v) is 5.04. The van der Waals surface area contributed by atoms with Gasteiger partial charge >= 0.3 is 0 Å². The molecule has 1 aromatic rings. The first-order valence-electron chi connectivity index (χ1n) is 5.97. The van der Waals surface area contributed by atoms with E-state index in [1.54, 1.807) is 0 Å². The van der Waals surface area contributed by atoms with Gasteiger partial charge in [-0.1, -0.05) is 11.6 Å². The second-order valence-corrected chi connectivity index (χ2v) is 6.62. The summed E-state index contributed by atoms with van der Waals surface area (Å²) in [7, 11) is -3.63. The van der Waals surface area contributed by atoms with E-state index in [0.717, 1.165) is 0 Å². The summed E-state index contributed by atoms with van der Waals surface area (Å²) < 4.78 is 32.4. The minimum atomic E-state index is -3.63. The number of rotatable bonds is 4. The lowest BCUT2D eigenvalue weighted by Gasteiger charge is -2.16. The molecule has 2 atom stereocenters. The van der Waals surface area contributed by atoms with Gasteiger partial charge in [-0.2, -0.15) is 0 Å². The summed E-state index contributed by atoms with van der Waals surface area (Å²) in [4.78, 5) is 0.0973. The molecule has 0 radical (unpaired) electrons. The summed E-state index contributed by atoms with van der Waals surface area (Å²) in [5, 5.41) is 9.46. The Morgan fingerprint density at radius 2 is 2.26 bits per heavy atom. The zero-order chi connectivity index (χ0) is 14.0. The molecule has 2 N–H and O–H groups in total. The minimum absolute atomic E-state index is 0.0973. The van der Waals surface area contributed by atoms with Crippen molar-refractivity contribution in [2.75, 3.05) is 6.61 Å². The number of aliphatic hydroxyl groups is 1. The molecule has 2 rings (SSSR count). The standard InChI is InChI=1S/C12H16ClNO4S/c1-8-12(4-5-18-8)14-19(16,17)10-2-3-11(13)9(6-10)7-15/h2-3,6,8,12,14-15H,4-5,7H2,1H3. The topological polar surface area (TPSA) is 75.6 Å². The van der Waals surface area contributed by atoms with E-state index in [1.165, 1.54) is 18.2 Å². The van der Waals surface area contributed by atoms with Gasteiger partial charge in [-0.3, -0.25) is 0 Å². The normalized spacial score (nSPS) is 23.7. The van der Waals surface area contributed by atoms with E-state index < -0.39 is 10.0 Å². The maximum absolute atomic E-state index is 12.2. The first-order chi connectivity index (χ1) is 8.94. The van der Waals surface area contributed by atoms with Gasteiger partial charge in [0, 0.05) is 11.6 Å². The SMILES string of the molecule is CC1OCCC1NS(=O)(=O)c1ccc(Cl)c(CO)c1. The predicted molar refractivity (Wildman–Crippen MR) is 71.5 cm³/mol. The van der Waals surface area contributed by atoms with E-state index >= 15 is 0 Å². The molecule has 7 heteroatoms. The second-order valence-electron chi connectivity index (χ2n) is 4.50. The van der Waals surface area contributed by atoms with Crippen molar-refractivity contribution in [2.45, 2.75) is 37.0 Å². The van der Waals surface area contributed by atoms with Crippen LogP contribution in [0.3, 0.4) is 0 Å². The van der Waals surface area contributed by atoms with Crippen LogP contribution in [0, 0.1) is 0 Å². The van der Waals surface area contributed by atoms with Crippen LogP contribution in [-0.2, 0) is 21.4 Å². The lowest BCUT2D eigenvalue weighted by Crippen LogP contribution is -2.39. The van der Waals surface area contributed by atoms with Gasteiger partial charge in [0.1, 0.15) is 0 Å². The molecule has 0 spiro atoms. The highest BCUT2D eigenvalue weighted by atomic mass is 35.5. The van der Waals surface area contributed by atoms with E-state index in [4.69, 9.17) is 21.4 Å². The first kappa shape index (κ1) is 14.7. The van der Waals surface area contributed by atoms with Crippen LogP contribution in [0.1, 0.15) is 18.9 Å². The van der Waals surface area contributed by atoms with E-state index in [2.05, 4.69) is 4.72 Å². The molecule has 19 heavy (non-hydrogen) atoms.